The summed E-state index contributed by atoms with van der Waals surface area (Å²) in [6.07, 6.45) is 0.474. The fraction of sp³-hybridized carbons (Fsp3) is 0.643. The number of hydrogen-bond donors (Lipinski definition) is 1. The number of sulfone groups is 1. The number of amides is 1. The number of carbonyl (C=O) groups excluding carboxylic acids is 1. The van der Waals surface area contributed by atoms with Gasteiger partial charge in [-0.25, -0.2) is 8.42 Å². The van der Waals surface area contributed by atoms with Crippen LogP contribution in [0, 0.1) is 0 Å². The van der Waals surface area contributed by atoms with E-state index in [1.54, 1.807) is 19.2 Å². The Morgan fingerprint density at radius 1 is 1.32 bits per heavy atom. The fourth-order valence-corrected chi connectivity index (χ4v) is 4.10. The van der Waals surface area contributed by atoms with Crippen LogP contribution in [0.3, 0.4) is 0 Å². The maximum Gasteiger partial charge on any atom is 0.274 e. The van der Waals surface area contributed by atoms with Gasteiger partial charge in [0.05, 0.1) is 11.5 Å². The van der Waals surface area contributed by atoms with Crippen LogP contribution in [0.2, 0.25) is 0 Å². The Balaban J connectivity index is 2.06. The van der Waals surface area contributed by atoms with Crippen molar-refractivity contribution in [3.63, 3.8) is 0 Å². The predicted octanol–water partition coefficient (Wildman–Crippen LogP) is 0.946. The molecule has 1 saturated heterocycles. The molecule has 2 heterocycles. The highest BCUT2D eigenvalue weighted by Gasteiger charge is 2.33. The molecule has 0 aromatic carbocycles. The quantitative estimate of drug-likeness (QED) is 0.889. The summed E-state index contributed by atoms with van der Waals surface area (Å²) in [5, 5.41) is 11.1. The van der Waals surface area contributed by atoms with Gasteiger partial charge < -0.3 is 10.2 Å². The molecule has 1 fully saturated rings. The second-order valence-electron chi connectivity index (χ2n) is 6.65. The van der Waals surface area contributed by atoms with Crippen LogP contribution in [-0.4, -0.2) is 59.6 Å². The first-order chi connectivity index (χ1) is 10.1. The van der Waals surface area contributed by atoms with Gasteiger partial charge in [0.2, 0.25) is 0 Å². The second kappa shape index (κ2) is 5.83. The smallest absolute Gasteiger partial charge is 0.274 e. The lowest BCUT2D eigenvalue weighted by Gasteiger charge is -2.23. The lowest BCUT2D eigenvalue weighted by molar-refractivity contribution is 0.0740. The van der Waals surface area contributed by atoms with Crippen molar-refractivity contribution < 1.29 is 13.2 Å². The Bertz CT molecular complexity index is 650. The molecule has 0 aliphatic carbocycles. The molecule has 22 heavy (non-hydrogen) atoms. The van der Waals surface area contributed by atoms with Gasteiger partial charge in [0.1, 0.15) is 5.82 Å². The van der Waals surface area contributed by atoms with Crippen LogP contribution in [0.4, 0.5) is 5.82 Å². The van der Waals surface area contributed by atoms with Gasteiger partial charge in [-0.2, -0.15) is 0 Å². The minimum Gasteiger partial charge on any atom is -0.364 e. The van der Waals surface area contributed by atoms with E-state index < -0.39 is 9.84 Å². The van der Waals surface area contributed by atoms with E-state index in [4.69, 9.17) is 0 Å². The highest BCUT2D eigenvalue weighted by atomic mass is 32.2. The monoisotopic (exact) mass is 326 g/mol. The number of nitrogens with zero attached hydrogens (tertiary/aromatic N) is 3. The maximum atomic E-state index is 12.3. The standard InChI is InChI=1S/C14H22N4O3S/c1-14(2,3)15-12-6-5-11(16-17-12)13(19)18(4)10-7-8-22(20,21)9-10/h5-6,10H,7-9H2,1-4H3,(H,15,17). The Hall–Kier alpha value is -1.70. The Labute approximate surface area is 131 Å². The van der Waals surface area contributed by atoms with Crippen molar-refractivity contribution in [2.75, 3.05) is 23.9 Å². The molecule has 2 rings (SSSR count). The summed E-state index contributed by atoms with van der Waals surface area (Å²) in [5.74, 6) is 0.439. The van der Waals surface area contributed by atoms with E-state index in [1.165, 1.54) is 4.90 Å². The van der Waals surface area contributed by atoms with E-state index in [9.17, 15) is 13.2 Å². The third kappa shape index (κ3) is 4.16. The van der Waals surface area contributed by atoms with Crippen LogP contribution >= 0.6 is 0 Å². The average molecular weight is 326 g/mol. The summed E-state index contributed by atoms with van der Waals surface area (Å²) < 4.78 is 23.0. The first kappa shape index (κ1) is 16.7. The highest BCUT2D eigenvalue weighted by Crippen LogP contribution is 2.18. The van der Waals surface area contributed by atoms with E-state index in [0.29, 0.717) is 12.2 Å². The summed E-state index contributed by atoms with van der Waals surface area (Å²) >= 11 is 0. The minimum absolute atomic E-state index is 0.0202. The molecule has 1 aromatic heterocycles. The molecule has 1 amide bonds. The van der Waals surface area contributed by atoms with Gasteiger partial charge in [-0.05, 0) is 39.3 Å². The first-order valence-electron chi connectivity index (χ1n) is 7.17. The Morgan fingerprint density at radius 2 is 2.00 bits per heavy atom. The largest absolute Gasteiger partial charge is 0.364 e. The molecular formula is C14H22N4O3S. The highest BCUT2D eigenvalue weighted by molar-refractivity contribution is 7.91. The number of rotatable bonds is 3. The minimum atomic E-state index is -3.02. The molecule has 122 valence electrons. The molecule has 1 aliphatic heterocycles. The first-order valence-corrected chi connectivity index (χ1v) is 8.99. The molecule has 1 atom stereocenters. The lowest BCUT2D eigenvalue weighted by atomic mass is 10.1. The number of hydrogen-bond acceptors (Lipinski definition) is 6. The van der Waals surface area contributed by atoms with Gasteiger partial charge in [-0.1, -0.05) is 0 Å². The molecule has 0 spiro atoms. The van der Waals surface area contributed by atoms with Crippen LogP contribution in [0.1, 0.15) is 37.7 Å². The van der Waals surface area contributed by atoms with Gasteiger partial charge in [0.25, 0.3) is 5.91 Å². The van der Waals surface area contributed by atoms with Gasteiger partial charge >= 0.3 is 0 Å². The lowest BCUT2D eigenvalue weighted by Crippen LogP contribution is -2.38. The van der Waals surface area contributed by atoms with Gasteiger partial charge in [-0.3, -0.25) is 4.79 Å². The van der Waals surface area contributed by atoms with E-state index in [-0.39, 0.29) is 34.7 Å². The van der Waals surface area contributed by atoms with Crippen LogP contribution in [0.25, 0.3) is 0 Å². The molecule has 1 aromatic rings. The summed E-state index contributed by atoms with van der Waals surface area (Å²) in [6.45, 7) is 6.01. The molecule has 0 bridgehead atoms. The Kier molecular flexibility index (Phi) is 4.42. The fourth-order valence-electron chi connectivity index (χ4n) is 2.32. The van der Waals surface area contributed by atoms with Crippen molar-refractivity contribution in [3.05, 3.63) is 17.8 Å². The van der Waals surface area contributed by atoms with E-state index in [0.717, 1.165) is 0 Å². The van der Waals surface area contributed by atoms with Crippen molar-refractivity contribution in [2.24, 2.45) is 0 Å². The van der Waals surface area contributed by atoms with Crippen molar-refractivity contribution in [1.29, 1.82) is 0 Å². The zero-order valence-electron chi connectivity index (χ0n) is 13.3. The molecular weight excluding hydrogens is 304 g/mol. The topological polar surface area (TPSA) is 92.3 Å². The number of aromatic nitrogens is 2. The van der Waals surface area contributed by atoms with Crippen molar-refractivity contribution in [2.45, 2.75) is 38.8 Å². The summed E-state index contributed by atoms with van der Waals surface area (Å²) in [6, 6.07) is 3.01. The summed E-state index contributed by atoms with van der Waals surface area (Å²) in [5.41, 5.74) is 0.0705. The molecule has 1 unspecified atom stereocenters. The molecule has 1 N–H and O–H groups in total. The number of anilines is 1. The zero-order chi connectivity index (χ0) is 16.5. The molecule has 8 heteroatoms. The van der Waals surface area contributed by atoms with Crippen molar-refractivity contribution >= 4 is 21.6 Å². The summed E-state index contributed by atoms with van der Waals surface area (Å²) in [7, 11) is -1.42. The Morgan fingerprint density at radius 3 is 2.45 bits per heavy atom. The van der Waals surface area contributed by atoms with Crippen molar-refractivity contribution in [3.8, 4) is 0 Å². The van der Waals surface area contributed by atoms with Crippen LogP contribution < -0.4 is 5.32 Å². The van der Waals surface area contributed by atoms with Crippen LogP contribution in [0.5, 0.6) is 0 Å². The SMILES string of the molecule is CN(C(=O)c1ccc(NC(C)(C)C)nn1)C1CCS(=O)(=O)C1. The number of nitrogens with one attached hydrogen (secondary N) is 1. The average Bonchev–Trinajstić information content (AvgIpc) is 2.76. The van der Waals surface area contributed by atoms with Crippen LogP contribution in [0.15, 0.2) is 12.1 Å². The van der Waals surface area contributed by atoms with Gasteiger partial charge in [-0.15, -0.1) is 10.2 Å². The third-order valence-electron chi connectivity index (χ3n) is 3.46. The normalized spacial score (nSPS) is 20.6. The molecule has 1 aliphatic rings. The summed E-state index contributed by atoms with van der Waals surface area (Å²) in [4.78, 5) is 13.8. The zero-order valence-corrected chi connectivity index (χ0v) is 14.1. The molecule has 0 saturated carbocycles. The molecule has 0 radical (unpaired) electrons. The van der Waals surface area contributed by atoms with Crippen molar-refractivity contribution in [1.82, 2.24) is 15.1 Å². The van der Waals surface area contributed by atoms with Gasteiger partial charge in [0, 0.05) is 18.6 Å². The van der Waals surface area contributed by atoms with E-state index in [2.05, 4.69) is 15.5 Å². The second-order valence-corrected chi connectivity index (χ2v) is 8.88. The van der Waals surface area contributed by atoms with Gasteiger partial charge in [0.15, 0.2) is 15.5 Å². The van der Waals surface area contributed by atoms with E-state index >= 15 is 0 Å². The van der Waals surface area contributed by atoms with Crippen LogP contribution in [-0.2, 0) is 9.84 Å². The molecule has 7 nitrogen and oxygen atoms in total. The maximum absolute atomic E-state index is 12.3. The number of carbonyl (C=O) groups is 1. The predicted molar refractivity (Wildman–Crippen MR) is 84.6 cm³/mol. The van der Waals surface area contributed by atoms with E-state index in [1.807, 2.05) is 20.8 Å². The third-order valence-corrected chi connectivity index (χ3v) is 5.21.